The lowest BCUT2D eigenvalue weighted by atomic mass is 9.91. The van der Waals surface area contributed by atoms with Gasteiger partial charge < -0.3 is 15.0 Å². The van der Waals surface area contributed by atoms with Gasteiger partial charge in [0.1, 0.15) is 11.6 Å². The predicted molar refractivity (Wildman–Crippen MR) is 135 cm³/mol. The normalized spacial score (nSPS) is 15.7. The second-order valence-corrected chi connectivity index (χ2v) is 9.34. The molecule has 0 unspecified atom stereocenters. The summed E-state index contributed by atoms with van der Waals surface area (Å²) in [7, 11) is 1.65. The van der Waals surface area contributed by atoms with Gasteiger partial charge in [0, 0.05) is 46.0 Å². The standard InChI is InChI=1S/C27H28N6O/c1-16(2)22-15-29-33-26(12-25(32-27(22)33)17-10-19(34-3)14-28-13-17)30-18-8-9-24-21(11-18)20-6-4-5-7-23(20)31-24/h4-7,10,12-16,18,30-31H,8-9,11H2,1-3H3/t18-/m1/s1. The Morgan fingerprint density at radius 3 is 2.88 bits per heavy atom. The van der Waals surface area contributed by atoms with Crippen molar-refractivity contribution in [1.82, 2.24) is 24.6 Å². The fraction of sp³-hybridized carbons (Fsp3) is 0.296. The van der Waals surface area contributed by atoms with E-state index in [0.717, 1.165) is 47.5 Å². The molecule has 0 fully saturated rings. The number of pyridine rings is 1. The Bertz CT molecular complexity index is 1500. The number of hydrogen-bond acceptors (Lipinski definition) is 5. The van der Waals surface area contributed by atoms with Gasteiger partial charge in [-0.05, 0) is 42.9 Å². The van der Waals surface area contributed by atoms with Crippen LogP contribution in [0.15, 0.2) is 55.0 Å². The Hall–Kier alpha value is -3.87. The SMILES string of the molecule is COc1cncc(-c2cc(N[C@@H]3CCc4[nH]c5ccccc5c4C3)n3ncc(C(C)C)c3n2)c1. The molecule has 0 spiro atoms. The number of ether oxygens (including phenoxy) is 1. The summed E-state index contributed by atoms with van der Waals surface area (Å²) in [6.07, 6.45) is 8.52. The first-order valence-electron chi connectivity index (χ1n) is 11.8. The van der Waals surface area contributed by atoms with Gasteiger partial charge in [-0.2, -0.15) is 9.61 Å². The number of hydrogen-bond donors (Lipinski definition) is 2. The molecule has 6 rings (SSSR count). The van der Waals surface area contributed by atoms with Crippen molar-refractivity contribution in [2.24, 2.45) is 0 Å². The van der Waals surface area contributed by atoms with Gasteiger partial charge in [-0.25, -0.2) is 4.98 Å². The van der Waals surface area contributed by atoms with Crippen LogP contribution in [0.25, 0.3) is 27.8 Å². The molecule has 172 valence electrons. The Kier molecular flexibility index (Phi) is 4.98. The van der Waals surface area contributed by atoms with Crippen LogP contribution in [-0.4, -0.2) is 37.7 Å². The van der Waals surface area contributed by atoms with E-state index in [-0.39, 0.29) is 0 Å². The molecular weight excluding hydrogens is 424 g/mol. The Balaban J connectivity index is 1.41. The summed E-state index contributed by atoms with van der Waals surface area (Å²) in [4.78, 5) is 12.9. The molecule has 4 aromatic heterocycles. The first-order chi connectivity index (χ1) is 16.6. The number of methoxy groups -OCH3 is 1. The van der Waals surface area contributed by atoms with Crippen molar-refractivity contribution in [1.29, 1.82) is 0 Å². The summed E-state index contributed by atoms with van der Waals surface area (Å²) >= 11 is 0. The minimum absolute atomic E-state index is 0.306. The van der Waals surface area contributed by atoms with E-state index < -0.39 is 0 Å². The predicted octanol–water partition coefficient (Wildman–Crippen LogP) is 5.37. The van der Waals surface area contributed by atoms with Crippen LogP contribution in [0.3, 0.4) is 0 Å². The van der Waals surface area contributed by atoms with Gasteiger partial charge in [0.05, 0.1) is 25.2 Å². The molecule has 1 aliphatic carbocycles. The highest BCUT2D eigenvalue weighted by Crippen LogP contribution is 2.32. The molecule has 1 atom stereocenters. The van der Waals surface area contributed by atoms with Crippen molar-refractivity contribution >= 4 is 22.4 Å². The van der Waals surface area contributed by atoms with E-state index in [4.69, 9.17) is 14.8 Å². The number of rotatable bonds is 5. The largest absolute Gasteiger partial charge is 0.495 e. The molecule has 0 saturated carbocycles. The number of benzene rings is 1. The van der Waals surface area contributed by atoms with Crippen molar-refractivity contribution in [3.8, 4) is 17.0 Å². The fourth-order valence-corrected chi connectivity index (χ4v) is 5.01. The molecule has 0 saturated heterocycles. The number of nitrogens with zero attached hydrogens (tertiary/aromatic N) is 4. The number of fused-ring (bicyclic) bond motifs is 4. The fourth-order valence-electron chi connectivity index (χ4n) is 5.01. The van der Waals surface area contributed by atoms with E-state index in [0.29, 0.717) is 17.7 Å². The van der Waals surface area contributed by atoms with Gasteiger partial charge >= 0.3 is 0 Å². The third kappa shape index (κ3) is 3.48. The lowest BCUT2D eigenvalue weighted by molar-refractivity contribution is 0.413. The summed E-state index contributed by atoms with van der Waals surface area (Å²) in [5.41, 5.74) is 7.79. The zero-order valence-corrected chi connectivity index (χ0v) is 19.7. The molecule has 0 amide bonds. The number of para-hydroxylation sites is 1. The highest BCUT2D eigenvalue weighted by atomic mass is 16.5. The Morgan fingerprint density at radius 1 is 1.15 bits per heavy atom. The van der Waals surface area contributed by atoms with E-state index in [1.165, 1.54) is 22.2 Å². The van der Waals surface area contributed by atoms with E-state index in [2.05, 4.69) is 59.5 Å². The number of aryl methyl sites for hydroxylation is 1. The number of anilines is 1. The third-order valence-corrected chi connectivity index (χ3v) is 6.81. The van der Waals surface area contributed by atoms with Crippen molar-refractivity contribution in [3.63, 3.8) is 0 Å². The Morgan fingerprint density at radius 2 is 2.03 bits per heavy atom. The number of nitrogens with one attached hydrogen (secondary N) is 2. The quantitative estimate of drug-likeness (QED) is 0.375. The van der Waals surface area contributed by atoms with E-state index >= 15 is 0 Å². The van der Waals surface area contributed by atoms with Gasteiger partial charge in [0.15, 0.2) is 5.65 Å². The molecule has 0 radical (unpaired) electrons. The molecule has 7 heteroatoms. The second-order valence-electron chi connectivity index (χ2n) is 9.34. The van der Waals surface area contributed by atoms with Gasteiger partial charge in [-0.3, -0.25) is 4.98 Å². The molecule has 0 bridgehead atoms. The summed E-state index contributed by atoms with van der Waals surface area (Å²) in [6, 6.07) is 12.9. The third-order valence-electron chi connectivity index (χ3n) is 6.81. The number of H-pyrrole nitrogens is 1. The van der Waals surface area contributed by atoms with Gasteiger partial charge in [-0.1, -0.05) is 32.0 Å². The monoisotopic (exact) mass is 452 g/mol. The van der Waals surface area contributed by atoms with E-state index in [1.807, 2.05) is 23.0 Å². The van der Waals surface area contributed by atoms with Gasteiger partial charge in [-0.15, -0.1) is 0 Å². The summed E-state index contributed by atoms with van der Waals surface area (Å²) in [6.45, 7) is 4.34. The van der Waals surface area contributed by atoms with Gasteiger partial charge in [0.2, 0.25) is 0 Å². The van der Waals surface area contributed by atoms with Crippen LogP contribution in [0.1, 0.15) is 43.0 Å². The van der Waals surface area contributed by atoms with Crippen LogP contribution < -0.4 is 10.1 Å². The first kappa shape index (κ1) is 20.7. The summed E-state index contributed by atoms with van der Waals surface area (Å²) in [5, 5.41) is 9.84. The van der Waals surface area contributed by atoms with Crippen molar-refractivity contribution in [2.45, 2.75) is 45.1 Å². The maximum absolute atomic E-state index is 5.40. The van der Waals surface area contributed by atoms with Crippen LogP contribution in [0.4, 0.5) is 5.82 Å². The molecule has 1 aliphatic rings. The van der Waals surface area contributed by atoms with Crippen molar-refractivity contribution < 1.29 is 4.74 Å². The minimum atomic E-state index is 0.306. The number of aromatic amines is 1. The van der Waals surface area contributed by atoms with Crippen LogP contribution in [0.5, 0.6) is 5.75 Å². The summed E-state index contributed by atoms with van der Waals surface area (Å²) < 4.78 is 7.34. The van der Waals surface area contributed by atoms with Crippen LogP contribution in [0, 0.1) is 0 Å². The molecule has 7 nitrogen and oxygen atoms in total. The maximum Gasteiger partial charge on any atom is 0.161 e. The van der Waals surface area contributed by atoms with Crippen LogP contribution in [0.2, 0.25) is 0 Å². The zero-order chi connectivity index (χ0) is 23.2. The molecular formula is C27H28N6O. The van der Waals surface area contributed by atoms with E-state index in [9.17, 15) is 0 Å². The molecule has 4 heterocycles. The van der Waals surface area contributed by atoms with Crippen molar-refractivity contribution in [2.75, 3.05) is 12.4 Å². The van der Waals surface area contributed by atoms with E-state index in [1.54, 1.807) is 13.3 Å². The molecule has 34 heavy (non-hydrogen) atoms. The van der Waals surface area contributed by atoms with Gasteiger partial charge in [0.25, 0.3) is 0 Å². The van der Waals surface area contributed by atoms with Crippen LogP contribution in [-0.2, 0) is 12.8 Å². The number of aromatic nitrogens is 5. The Labute approximate surface area is 198 Å². The second kappa shape index (κ2) is 8.17. The molecule has 2 N–H and O–H groups in total. The smallest absolute Gasteiger partial charge is 0.161 e. The minimum Gasteiger partial charge on any atom is -0.495 e. The summed E-state index contributed by atoms with van der Waals surface area (Å²) in [5.74, 6) is 1.98. The average Bonchev–Trinajstić information content (AvgIpc) is 3.46. The topological polar surface area (TPSA) is 80.1 Å². The molecule has 1 aromatic carbocycles. The van der Waals surface area contributed by atoms with Crippen molar-refractivity contribution in [3.05, 3.63) is 71.8 Å². The lowest BCUT2D eigenvalue weighted by Crippen LogP contribution is -2.28. The molecule has 0 aliphatic heterocycles. The average molecular weight is 453 g/mol. The lowest BCUT2D eigenvalue weighted by Gasteiger charge is -2.25. The highest BCUT2D eigenvalue weighted by molar-refractivity contribution is 5.85. The maximum atomic E-state index is 5.40. The highest BCUT2D eigenvalue weighted by Gasteiger charge is 2.24. The molecule has 5 aromatic rings. The van der Waals surface area contributed by atoms with Crippen LogP contribution >= 0.6 is 0 Å². The zero-order valence-electron chi connectivity index (χ0n) is 19.7. The first-order valence-corrected chi connectivity index (χ1v) is 11.8.